The van der Waals surface area contributed by atoms with Gasteiger partial charge in [-0.05, 0) is 36.8 Å². The van der Waals surface area contributed by atoms with Gasteiger partial charge in [0, 0.05) is 25.2 Å². The Morgan fingerprint density at radius 3 is 2.94 bits per heavy atom. The molecule has 0 radical (unpaired) electrons. The second kappa shape index (κ2) is 5.89. The highest BCUT2D eigenvalue weighted by Crippen LogP contribution is 2.29. The number of nitrogens with zero attached hydrogens (tertiary/aromatic N) is 1. The van der Waals surface area contributed by atoms with Gasteiger partial charge < -0.3 is 10.0 Å². The van der Waals surface area contributed by atoms with E-state index >= 15 is 0 Å². The van der Waals surface area contributed by atoms with Crippen molar-refractivity contribution in [3.63, 3.8) is 0 Å². The van der Waals surface area contributed by atoms with Crippen molar-refractivity contribution in [2.24, 2.45) is 5.92 Å². The number of rotatable bonds is 5. The average Bonchev–Trinajstić information content (AvgIpc) is 2.85. The Balaban J connectivity index is 1.97. The Morgan fingerprint density at radius 1 is 1.44 bits per heavy atom. The van der Waals surface area contributed by atoms with Crippen LogP contribution in [-0.4, -0.2) is 24.2 Å². The fraction of sp³-hybridized carbons (Fsp3) is 0.533. The summed E-state index contributed by atoms with van der Waals surface area (Å²) in [6.45, 7) is 4.24. The van der Waals surface area contributed by atoms with E-state index in [2.05, 4.69) is 36.1 Å². The Morgan fingerprint density at radius 2 is 2.22 bits per heavy atom. The van der Waals surface area contributed by atoms with Crippen LogP contribution < -0.4 is 4.90 Å². The fourth-order valence-corrected chi connectivity index (χ4v) is 2.73. The molecule has 1 aromatic carbocycles. The van der Waals surface area contributed by atoms with Gasteiger partial charge in [-0.25, -0.2) is 0 Å². The third-order valence-corrected chi connectivity index (χ3v) is 3.77. The zero-order valence-corrected chi connectivity index (χ0v) is 10.9. The van der Waals surface area contributed by atoms with Crippen LogP contribution in [0, 0.1) is 5.92 Å². The lowest BCUT2D eigenvalue weighted by molar-refractivity contribution is -0.137. The molecule has 0 spiro atoms. The van der Waals surface area contributed by atoms with E-state index in [4.69, 9.17) is 5.11 Å². The molecule has 0 aromatic heterocycles. The van der Waals surface area contributed by atoms with Crippen molar-refractivity contribution in [2.45, 2.75) is 32.6 Å². The smallest absolute Gasteiger partial charge is 0.303 e. The highest BCUT2D eigenvalue weighted by Gasteiger charge is 2.24. The second-order valence-corrected chi connectivity index (χ2v) is 5.02. The molecule has 1 aromatic rings. The quantitative estimate of drug-likeness (QED) is 0.869. The third-order valence-electron chi connectivity index (χ3n) is 3.77. The number of hydrogen-bond donors (Lipinski definition) is 1. The Labute approximate surface area is 108 Å². The molecule has 98 valence electrons. The van der Waals surface area contributed by atoms with Crippen LogP contribution in [-0.2, 0) is 11.2 Å². The molecule has 0 amide bonds. The number of para-hydroxylation sites is 1. The van der Waals surface area contributed by atoms with Crippen LogP contribution in [0.4, 0.5) is 5.69 Å². The van der Waals surface area contributed by atoms with Crippen LogP contribution in [0.5, 0.6) is 0 Å². The van der Waals surface area contributed by atoms with Gasteiger partial charge in [-0.1, -0.05) is 25.1 Å². The predicted molar refractivity (Wildman–Crippen MR) is 73.0 cm³/mol. The summed E-state index contributed by atoms with van der Waals surface area (Å²) in [5.41, 5.74) is 2.72. The Bertz CT molecular complexity index is 417. The molecule has 1 aliphatic heterocycles. The molecule has 1 heterocycles. The molecule has 3 nitrogen and oxygen atoms in total. The monoisotopic (exact) mass is 247 g/mol. The number of anilines is 1. The molecule has 1 unspecified atom stereocenters. The third kappa shape index (κ3) is 3.03. The van der Waals surface area contributed by atoms with Gasteiger partial charge >= 0.3 is 5.97 Å². The highest BCUT2D eigenvalue weighted by molar-refractivity contribution is 5.66. The minimum absolute atomic E-state index is 0.300. The summed E-state index contributed by atoms with van der Waals surface area (Å²) in [5, 5.41) is 8.73. The van der Waals surface area contributed by atoms with Gasteiger partial charge in [0.1, 0.15) is 0 Å². The first kappa shape index (κ1) is 12.9. The van der Waals surface area contributed by atoms with Crippen molar-refractivity contribution in [2.75, 3.05) is 18.0 Å². The van der Waals surface area contributed by atoms with Crippen molar-refractivity contribution in [1.82, 2.24) is 0 Å². The maximum Gasteiger partial charge on any atom is 0.303 e. The van der Waals surface area contributed by atoms with Gasteiger partial charge in [0.25, 0.3) is 0 Å². The lowest BCUT2D eigenvalue weighted by Crippen LogP contribution is -2.21. The summed E-state index contributed by atoms with van der Waals surface area (Å²) in [7, 11) is 0. The summed E-state index contributed by atoms with van der Waals surface area (Å²) >= 11 is 0. The number of benzene rings is 1. The standard InChI is InChI=1S/C15H21NO2/c1-2-13-5-3-4-6-14(13)16-10-9-12(11-16)7-8-15(17)18/h3-6,12H,2,7-11H2,1H3,(H,17,18). The lowest BCUT2D eigenvalue weighted by atomic mass is 10.0. The Hall–Kier alpha value is -1.51. The first-order valence-electron chi connectivity index (χ1n) is 6.75. The summed E-state index contributed by atoms with van der Waals surface area (Å²) < 4.78 is 0. The van der Waals surface area contributed by atoms with Crippen LogP contribution in [0.25, 0.3) is 0 Å². The van der Waals surface area contributed by atoms with Gasteiger partial charge in [0.15, 0.2) is 0 Å². The predicted octanol–water partition coefficient (Wildman–Crippen LogP) is 2.94. The number of carboxylic acid groups (broad SMARTS) is 1. The van der Waals surface area contributed by atoms with Crippen LogP contribution >= 0.6 is 0 Å². The van der Waals surface area contributed by atoms with Gasteiger partial charge in [0.05, 0.1) is 0 Å². The molecule has 0 aliphatic carbocycles. The highest BCUT2D eigenvalue weighted by atomic mass is 16.4. The van der Waals surface area contributed by atoms with E-state index in [0.29, 0.717) is 12.3 Å². The van der Waals surface area contributed by atoms with Crippen LogP contribution in [0.15, 0.2) is 24.3 Å². The van der Waals surface area contributed by atoms with Crippen molar-refractivity contribution >= 4 is 11.7 Å². The van der Waals surface area contributed by atoms with Crippen molar-refractivity contribution < 1.29 is 9.90 Å². The average molecular weight is 247 g/mol. The van der Waals surface area contributed by atoms with Crippen molar-refractivity contribution in [1.29, 1.82) is 0 Å². The molecular formula is C15H21NO2. The molecule has 0 bridgehead atoms. The normalized spacial score (nSPS) is 19.2. The fourth-order valence-electron chi connectivity index (χ4n) is 2.73. The van der Waals surface area contributed by atoms with E-state index in [-0.39, 0.29) is 0 Å². The summed E-state index contributed by atoms with van der Waals surface area (Å²) in [6.07, 6.45) is 3.27. The van der Waals surface area contributed by atoms with Crippen LogP contribution in [0.3, 0.4) is 0 Å². The van der Waals surface area contributed by atoms with Gasteiger partial charge in [-0.15, -0.1) is 0 Å². The van der Waals surface area contributed by atoms with Gasteiger partial charge in [-0.3, -0.25) is 4.79 Å². The number of hydrogen-bond acceptors (Lipinski definition) is 2. The minimum atomic E-state index is -0.678. The van der Waals surface area contributed by atoms with Gasteiger partial charge in [-0.2, -0.15) is 0 Å². The molecule has 3 heteroatoms. The first-order chi connectivity index (χ1) is 8.70. The number of carboxylic acids is 1. The Kier molecular flexibility index (Phi) is 4.24. The zero-order valence-electron chi connectivity index (χ0n) is 10.9. The van der Waals surface area contributed by atoms with E-state index in [1.54, 1.807) is 0 Å². The van der Waals surface area contributed by atoms with Crippen LogP contribution in [0.2, 0.25) is 0 Å². The minimum Gasteiger partial charge on any atom is -0.481 e. The molecular weight excluding hydrogens is 226 g/mol. The molecule has 1 N–H and O–H groups in total. The van der Waals surface area contributed by atoms with Gasteiger partial charge in [0.2, 0.25) is 0 Å². The number of carbonyl (C=O) groups is 1. The number of aryl methyl sites for hydroxylation is 1. The molecule has 1 aliphatic rings. The summed E-state index contributed by atoms with van der Waals surface area (Å²) in [5.74, 6) is -0.145. The SMILES string of the molecule is CCc1ccccc1N1CCC(CCC(=O)O)C1. The second-order valence-electron chi connectivity index (χ2n) is 5.02. The van der Waals surface area contributed by atoms with Crippen molar-refractivity contribution in [3.05, 3.63) is 29.8 Å². The van der Waals surface area contributed by atoms with Crippen LogP contribution in [0.1, 0.15) is 31.7 Å². The molecule has 2 rings (SSSR count). The topological polar surface area (TPSA) is 40.5 Å². The molecule has 1 saturated heterocycles. The zero-order chi connectivity index (χ0) is 13.0. The lowest BCUT2D eigenvalue weighted by Gasteiger charge is -2.21. The first-order valence-corrected chi connectivity index (χ1v) is 6.75. The van der Waals surface area contributed by atoms with E-state index in [9.17, 15) is 4.79 Å². The van der Waals surface area contributed by atoms with E-state index in [1.165, 1.54) is 11.3 Å². The molecule has 0 saturated carbocycles. The van der Waals surface area contributed by atoms with E-state index in [0.717, 1.165) is 32.4 Å². The van der Waals surface area contributed by atoms with Crippen molar-refractivity contribution in [3.8, 4) is 0 Å². The van der Waals surface area contributed by atoms with E-state index in [1.807, 2.05) is 0 Å². The molecule has 1 atom stereocenters. The molecule has 1 fully saturated rings. The molecule has 18 heavy (non-hydrogen) atoms. The largest absolute Gasteiger partial charge is 0.481 e. The summed E-state index contributed by atoms with van der Waals surface area (Å²) in [4.78, 5) is 13.0. The summed E-state index contributed by atoms with van der Waals surface area (Å²) in [6, 6.07) is 8.53. The maximum atomic E-state index is 10.6. The number of aliphatic carboxylic acids is 1. The van der Waals surface area contributed by atoms with E-state index < -0.39 is 5.97 Å². The maximum absolute atomic E-state index is 10.6.